The second-order valence-corrected chi connectivity index (χ2v) is 5.97. The highest BCUT2D eigenvalue weighted by molar-refractivity contribution is 6.09. The van der Waals surface area contributed by atoms with E-state index in [4.69, 9.17) is 0 Å². The molecule has 0 fully saturated rings. The lowest BCUT2D eigenvalue weighted by Gasteiger charge is -2.16. The maximum atomic E-state index is 12.8. The van der Waals surface area contributed by atoms with Gasteiger partial charge in [0.05, 0.1) is 0 Å². The molecule has 1 unspecified atom stereocenters. The van der Waals surface area contributed by atoms with E-state index in [-0.39, 0.29) is 5.78 Å². The molecule has 0 spiro atoms. The summed E-state index contributed by atoms with van der Waals surface area (Å²) in [5, 5.41) is 0. The van der Waals surface area contributed by atoms with E-state index in [9.17, 15) is 4.79 Å². The van der Waals surface area contributed by atoms with Crippen molar-refractivity contribution in [3.63, 3.8) is 0 Å². The Morgan fingerprint density at radius 1 is 0.955 bits per heavy atom. The van der Waals surface area contributed by atoms with Crippen LogP contribution in [0.15, 0.2) is 54.6 Å². The predicted octanol–water partition coefficient (Wildman–Crippen LogP) is 5.68. The third-order valence-corrected chi connectivity index (χ3v) is 4.35. The molecule has 0 heterocycles. The van der Waals surface area contributed by atoms with Gasteiger partial charge in [0.1, 0.15) is 0 Å². The highest BCUT2D eigenvalue weighted by Gasteiger charge is 2.15. The van der Waals surface area contributed by atoms with E-state index in [0.717, 1.165) is 17.5 Å². The van der Waals surface area contributed by atoms with Crippen LogP contribution < -0.4 is 0 Å². The lowest BCUT2D eigenvalue weighted by molar-refractivity contribution is 0.103. The van der Waals surface area contributed by atoms with Gasteiger partial charge in [0, 0.05) is 11.1 Å². The molecule has 1 heteroatoms. The van der Waals surface area contributed by atoms with Crippen LogP contribution >= 0.6 is 0 Å². The van der Waals surface area contributed by atoms with Gasteiger partial charge in [-0.05, 0) is 17.9 Å². The molecule has 0 aliphatic carbocycles. The summed E-state index contributed by atoms with van der Waals surface area (Å²) in [4.78, 5) is 12.8. The molecule has 0 aliphatic rings. The molecule has 1 nitrogen and oxygen atoms in total. The minimum absolute atomic E-state index is 0.140. The molecule has 0 aliphatic heterocycles. The summed E-state index contributed by atoms with van der Waals surface area (Å²) in [6, 6.07) is 17.7. The van der Waals surface area contributed by atoms with Crippen molar-refractivity contribution >= 4 is 5.78 Å². The minimum Gasteiger partial charge on any atom is -0.289 e. The van der Waals surface area contributed by atoms with Crippen LogP contribution in [0, 0.1) is 5.92 Å². The van der Waals surface area contributed by atoms with E-state index < -0.39 is 0 Å². The quantitative estimate of drug-likeness (QED) is 0.573. The SMILES string of the molecule is CCCCC(CC)Cc1ccccc1C(=O)c1ccccc1. The number of carbonyl (C=O) groups is 1. The van der Waals surface area contributed by atoms with E-state index in [1.807, 2.05) is 48.5 Å². The Morgan fingerprint density at radius 3 is 2.32 bits per heavy atom. The van der Waals surface area contributed by atoms with Crippen LogP contribution in [0.25, 0.3) is 0 Å². The summed E-state index contributed by atoms with van der Waals surface area (Å²) in [7, 11) is 0. The van der Waals surface area contributed by atoms with Crippen molar-refractivity contribution in [1.82, 2.24) is 0 Å². The van der Waals surface area contributed by atoms with Gasteiger partial charge >= 0.3 is 0 Å². The van der Waals surface area contributed by atoms with Crippen molar-refractivity contribution in [2.45, 2.75) is 46.0 Å². The molecule has 0 amide bonds. The van der Waals surface area contributed by atoms with Crippen molar-refractivity contribution in [3.8, 4) is 0 Å². The fraction of sp³-hybridized carbons (Fsp3) is 0.381. The van der Waals surface area contributed by atoms with Crippen LogP contribution in [0.5, 0.6) is 0 Å². The zero-order chi connectivity index (χ0) is 15.8. The van der Waals surface area contributed by atoms with Crippen molar-refractivity contribution in [3.05, 3.63) is 71.3 Å². The number of benzene rings is 2. The highest BCUT2D eigenvalue weighted by atomic mass is 16.1. The number of hydrogen-bond donors (Lipinski definition) is 0. The molecule has 0 aromatic heterocycles. The minimum atomic E-state index is 0.140. The summed E-state index contributed by atoms with van der Waals surface area (Å²) in [5.74, 6) is 0.811. The molecule has 116 valence electrons. The van der Waals surface area contributed by atoms with Crippen LogP contribution in [0.4, 0.5) is 0 Å². The molecule has 1 atom stereocenters. The Bertz CT molecular complexity index is 586. The van der Waals surface area contributed by atoms with Crippen molar-refractivity contribution in [2.24, 2.45) is 5.92 Å². The number of rotatable bonds is 8. The molecule has 0 radical (unpaired) electrons. The molecule has 2 aromatic rings. The van der Waals surface area contributed by atoms with Crippen LogP contribution in [-0.2, 0) is 6.42 Å². The van der Waals surface area contributed by atoms with E-state index in [2.05, 4.69) is 19.9 Å². The first kappa shape index (κ1) is 16.5. The summed E-state index contributed by atoms with van der Waals surface area (Å²) in [6.07, 6.45) is 5.94. The average molecular weight is 294 g/mol. The Labute approximate surface area is 134 Å². The fourth-order valence-electron chi connectivity index (χ4n) is 2.92. The van der Waals surface area contributed by atoms with Crippen molar-refractivity contribution < 1.29 is 4.79 Å². The Morgan fingerprint density at radius 2 is 1.64 bits per heavy atom. The highest BCUT2D eigenvalue weighted by Crippen LogP contribution is 2.22. The molecule has 2 aromatic carbocycles. The Kier molecular flexibility index (Phi) is 6.39. The maximum Gasteiger partial charge on any atom is 0.193 e. The molecule has 2 rings (SSSR count). The fourth-order valence-corrected chi connectivity index (χ4v) is 2.92. The van der Waals surface area contributed by atoms with Gasteiger partial charge < -0.3 is 0 Å². The topological polar surface area (TPSA) is 17.1 Å². The van der Waals surface area contributed by atoms with Gasteiger partial charge in [0.25, 0.3) is 0 Å². The smallest absolute Gasteiger partial charge is 0.193 e. The predicted molar refractivity (Wildman–Crippen MR) is 93.3 cm³/mol. The second-order valence-electron chi connectivity index (χ2n) is 5.97. The molecule has 0 bridgehead atoms. The van der Waals surface area contributed by atoms with E-state index >= 15 is 0 Å². The largest absolute Gasteiger partial charge is 0.289 e. The van der Waals surface area contributed by atoms with Gasteiger partial charge in [-0.25, -0.2) is 0 Å². The molecule has 0 saturated heterocycles. The lowest BCUT2D eigenvalue weighted by Crippen LogP contribution is -2.10. The summed E-state index contributed by atoms with van der Waals surface area (Å²) >= 11 is 0. The third kappa shape index (κ3) is 4.30. The van der Waals surface area contributed by atoms with Crippen molar-refractivity contribution in [1.29, 1.82) is 0 Å². The average Bonchev–Trinajstić information content (AvgIpc) is 2.59. The van der Waals surface area contributed by atoms with Gasteiger partial charge in [-0.15, -0.1) is 0 Å². The maximum absolute atomic E-state index is 12.8. The normalized spacial score (nSPS) is 12.1. The van der Waals surface area contributed by atoms with Gasteiger partial charge in [-0.3, -0.25) is 4.79 Å². The summed E-state index contributed by atoms with van der Waals surface area (Å²) in [6.45, 7) is 4.49. The molecule has 22 heavy (non-hydrogen) atoms. The van der Waals surface area contributed by atoms with Crippen molar-refractivity contribution in [2.75, 3.05) is 0 Å². The zero-order valence-corrected chi connectivity index (χ0v) is 13.7. The van der Waals surface area contributed by atoms with Crippen LogP contribution in [0.3, 0.4) is 0 Å². The Hall–Kier alpha value is -1.89. The van der Waals surface area contributed by atoms with E-state index in [1.54, 1.807) is 0 Å². The first-order valence-electron chi connectivity index (χ1n) is 8.43. The van der Waals surface area contributed by atoms with E-state index in [0.29, 0.717) is 5.92 Å². The number of carbonyl (C=O) groups excluding carboxylic acids is 1. The molecule has 0 N–H and O–H groups in total. The van der Waals surface area contributed by atoms with Crippen LogP contribution in [0.2, 0.25) is 0 Å². The van der Waals surface area contributed by atoms with Crippen LogP contribution in [0.1, 0.15) is 61.0 Å². The number of unbranched alkanes of at least 4 members (excludes halogenated alkanes) is 1. The molecular weight excluding hydrogens is 268 g/mol. The first-order chi connectivity index (χ1) is 10.8. The summed E-state index contributed by atoms with van der Waals surface area (Å²) < 4.78 is 0. The monoisotopic (exact) mass is 294 g/mol. The second kappa shape index (κ2) is 8.53. The molecular formula is C21H26O. The number of hydrogen-bond acceptors (Lipinski definition) is 1. The zero-order valence-electron chi connectivity index (χ0n) is 13.7. The molecule has 0 saturated carbocycles. The van der Waals surface area contributed by atoms with Crippen LogP contribution in [-0.4, -0.2) is 5.78 Å². The lowest BCUT2D eigenvalue weighted by atomic mass is 9.88. The van der Waals surface area contributed by atoms with Gasteiger partial charge in [-0.1, -0.05) is 94.1 Å². The van der Waals surface area contributed by atoms with Gasteiger partial charge in [0.15, 0.2) is 5.78 Å². The first-order valence-corrected chi connectivity index (χ1v) is 8.43. The van der Waals surface area contributed by atoms with Gasteiger partial charge in [0.2, 0.25) is 0 Å². The standard InChI is InChI=1S/C21H26O/c1-3-5-11-17(4-2)16-19-14-9-10-15-20(19)21(22)18-12-7-6-8-13-18/h6-10,12-15,17H,3-5,11,16H2,1-2H3. The number of ketones is 1. The van der Waals surface area contributed by atoms with Gasteiger partial charge in [-0.2, -0.15) is 0 Å². The third-order valence-electron chi connectivity index (χ3n) is 4.35. The van der Waals surface area contributed by atoms with E-state index in [1.165, 1.54) is 31.2 Å². The summed E-state index contributed by atoms with van der Waals surface area (Å²) in [5.41, 5.74) is 2.83. The Balaban J connectivity index is 2.21.